The maximum atomic E-state index is 11.6. The van der Waals surface area contributed by atoms with Crippen molar-refractivity contribution in [2.45, 2.75) is 81.9 Å². The molecule has 2 aliphatic heterocycles. The zero-order chi connectivity index (χ0) is 18.7. The summed E-state index contributed by atoms with van der Waals surface area (Å²) in [6.45, 7) is 0.475. The number of esters is 1. The van der Waals surface area contributed by atoms with Gasteiger partial charge in [0.05, 0.1) is 19.8 Å². The Hall–Kier alpha value is -1.47. The Morgan fingerprint density at radius 1 is 1.15 bits per heavy atom. The van der Waals surface area contributed by atoms with Gasteiger partial charge in [-0.15, -0.1) is 0 Å². The Morgan fingerprint density at radius 3 is 2.67 bits per heavy atom. The summed E-state index contributed by atoms with van der Waals surface area (Å²) < 4.78 is 29.7. The molecule has 27 heavy (non-hydrogen) atoms. The number of methoxy groups -OCH3 is 1. The van der Waals surface area contributed by atoms with E-state index in [1.807, 2.05) is 30.3 Å². The average Bonchev–Trinajstić information content (AvgIpc) is 3.19. The number of carbonyl (C=O) groups is 1. The van der Waals surface area contributed by atoms with Crippen LogP contribution in [0.1, 0.15) is 50.5 Å². The van der Waals surface area contributed by atoms with Crippen molar-refractivity contribution in [3.05, 3.63) is 35.9 Å². The molecule has 6 nitrogen and oxygen atoms in total. The fourth-order valence-electron chi connectivity index (χ4n) is 4.29. The van der Waals surface area contributed by atoms with E-state index in [9.17, 15) is 4.79 Å². The van der Waals surface area contributed by atoms with Crippen LogP contribution in [0.4, 0.5) is 0 Å². The molecular weight excluding hydrogens is 348 g/mol. The van der Waals surface area contributed by atoms with Crippen LogP contribution in [0.15, 0.2) is 30.3 Å². The fraction of sp³-hybridized carbons (Fsp3) is 0.667. The predicted molar refractivity (Wildman–Crippen MR) is 96.7 cm³/mol. The third kappa shape index (κ3) is 4.19. The van der Waals surface area contributed by atoms with Crippen molar-refractivity contribution in [2.75, 3.05) is 7.11 Å². The van der Waals surface area contributed by atoms with E-state index in [1.165, 1.54) is 13.5 Å². The molecule has 2 heterocycles. The lowest BCUT2D eigenvalue weighted by atomic mass is 9.94. The number of hydrogen-bond donors (Lipinski definition) is 0. The molecule has 0 unspecified atom stereocenters. The molecule has 0 N–H and O–H groups in total. The molecule has 6 heteroatoms. The second kappa shape index (κ2) is 8.27. The van der Waals surface area contributed by atoms with Gasteiger partial charge in [0.1, 0.15) is 12.2 Å². The predicted octanol–water partition coefficient (Wildman–Crippen LogP) is 3.33. The maximum Gasteiger partial charge on any atom is 0.305 e. The van der Waals surface area contributed by atoms with Gasteiger partial charge in [-0.05, 0) is 24.8 Å². The van der Waals surface area contributed by atoms with Gasteiger partial charge in [0.25, 0.3) is 0 Å². The first-order chi connectivity index (χ1) is 13.2. The molecule has 0 aromatic heterocycles. The highest BCUT2D eigenvalue weighted by atomic mass is 16.8. The Bertz CT molecular complexity index is 627. The normalized spacial score (nSPS) is 31.7. The van der Waals surface area contributed by atoms with Crippen LogP contribution in [0.25, 0.3) is 0 Å². The summed E-state index contributed by atoms with van der Waals surface area (Å²) in [5, 5.41) is 0. The van der Waals surface area contributed by atoms with Crippen LogP contribution in [0, 0.1) is 0 Å². The van der Waals surface area contributed by atoms with Crippen molar-refractivity contribution in [2.24, 2.45) is 0 Å². The lowest BCUT2D eigenvalue weighted by molar-refractivity contribution is -0.249. The minimum absolute atomic E-state index is 0.247. The molecule has 1 aromatic rings. The molecule has 0 amide bonds. The standard InChI is InChI=1S/C21H28O6/c1-23-17(22)11-10-16-18(24-14-15-8-4-2-5-9-15)19-20(25-16)27-21(26-19)12-6-3-7-13-21/h2,4-5,8-9,16,18-20H,3,6-7,10-14H2,1H3/t16-,18+,19-,20-/m1/s1. The highest BCUT2D eigenvalue weighted by Gasteiger charge is 2.58. The average molecular weight is 376 g/mol. The topological polar surface area (TPSA) is 63.2 Å². The van der Waals surface area contributed by atoms with Crippen molar-refractivity contribution in [1.29, 1.82) is 0 Å². The van der Waals surface area contributed by atoms with E-state index < -0.39 is 12.1 Å². The summed E-state index contributed by atoms with van der Waals surface area (Å²) >= 11 is 0. The number of ether oxygens (including phenoxy) is 5. The van der Waals surface area contributed by atoms with Gasteiger partial charge in [-0.3, -0.25) is 4.79 Å². The molecule has 0 radical (unpaired) electrons. The maximum absolute atomic E-state index is 11.6. The van der Waals surface area contributed by atoms with Gasteiger partial charge in [0.2, 0.25) is 0 Å². The van der Waals surface area contributed by atoms with E-state index in [2.05, 4.69) is 0 Å². The number of benzene rings is 1. The number of fused-ring (bicyclic) bond motifs is 1. The first kappa shape index (κ1) is 18.9. The summed E-state index contributed by atoms with van der Waals surface area (Å²) in [4.78, 5) is 11.6. The molecule has 1 saturated carbocycles. The Kier molecular flexibility index (Phi) is 5.78. The van der Waals surface area contributed by atoms with Crippen molar-refractivity contribution in [3.8, 4) is 0 Å². The van der Waals surface area contributed by atoms with E-state index >= 15 is 0 Å². The van der Waals surface area contributed by atoms with Crippen LogP contribution in [-0.4, -0.2) is 43.5 Å². The van der Waals surface area contributed by atoms with Gasteiger partial charge < -0.3 is 23.7 Å². The second-order valence-electron chi connectivity index (χ2n) is 7.59. The van der Waals surface area contributed by atoms with Crippen LogP contribution in [0.2, 0.25) is 0 Å². The molecule has 3 fully saturated rings. The van der Waals surface area contributed by atoms with Crippen molar-refractivity contribution >= 4 is 5.97 Å². The summed E-state index contributed by atoms with van der Waals surface area (Å²) in [7, 11) is 1.40. The van der Waals surface area contributed by atoms with Gasteiger partial charge in [-0.25, -0.2) is 0 Å². The fourth-order valence-corrected chi connectivity index (χ4v) is 4.29. The van der Waals surface area contributed by atoms with Gasteiger partial charge in [0.15, 0.2) is 12.1 Å². The van der Waals surface area contributed by atoms with Crippen LogP contribution in [0.5, 0.6) is 0 Å². The third-order valence-corrected chi connectivity index (χ3v) is 5.71. The molecule has 1 spiro atoms. The zero-order valence-corrected chi connectivity index (χ0v) is 15.8. The smallest absolute Gasteiger partial charge is 0.305 e. The minimum atomic E-state index is -0.519. The SMILES string of the molecule is COC(=O)CC[C@H]1O[C@@H]2OC3(CCCCC3)O[C@@H]2[C@H]1OCc1ccccc1. The van der Waals surface area contributed by atoms with Gasteiger partial charge in [-0.2, -0.15) is 0 Å². The first-order valence-electron chi connectivity index (χ1n) is 9.93. The molecule has 0 bridgehead atoms. The Balaban J connectivity index is 1.44. The molecule has 148 valence electrons. The minimum Gasteiger partial charge on any atom is -0.469 e. The van der Waals surface area contributed by atoms with E-state index in [0.29, 0.717) is 13.0 Å². The van der Waals surface area contributed by atoms with Gasteiger partial charge in [0, 0.05) is 19.3 Å². The highest BCUT2D eigenvalue weighted by molar-refractivity contribution is 5.69. The molecular formula is C21H28O6. The number of carbonyl (C=O) groups excluding carboxylic acids is 1. The third-order valence-electron chi connectivity index (χ3n) is 5.71. The summed E-state index contributed by atoms with van der Waals surface area (Å²) in [6.07, 6.45) is 4.88. The highest BCUT2D eigenvalue weighted by Crippen LogP contribution is 2.46. The molecule has 4 atom stereocenters. The second-order valence-corrected chi connectivity index (χ2v) is 7.59. The lowest BCUT2D eigenvalue weighted by Gasteiger charge is -2.34. The van der Waals surface area contributed by atoms with Crippen LogP contribution < -0.4 is 0 Å². The summed E-state index contributed by atoms with van der Waals surface area (Å²) in [5.41, 5.74) is 1.10. The largest absolute Gasteiger partial charge is 0.469 e. The molecule has 1 aliphatic carbocycles. The van der Waals surface area contributed by atoms with Crippen LogP contribution in [-0.2, 0) is 35.1 Å². The van der Waals surface area contributed by atoms with Gasteiger partial charge >= 0.3 is 5.97 Å². The molecule has 3 aliphatic rings. The summed E-state index contributed by atoms with van der Waals surface area (Å²) in [5.74, 6) is -0.766. The van der Waals surface area contributed by atoms with E-state index in [1.54, 1.807) is 0 Å². The molecule has 1 aromatic carbocycles. The van der Waals surface area contributed by atoms with Crippen molar-refractivity contribution in [1.82, 2.24) is 0 Å². The number of rotatable bonds is 6. The zero-order valence-electron chi connectivity index (χ0n) is 15.8. The van der Waals surface area contributed by atoms with Gasteiger partial charge in [-0.1, -0.05) is 36.8 Å². The quantitative estimate of drug-likeness (QED) is 0.710. The molecule has 4 rings (SSSR count). The molecule has 2 saturated heterocycles. The van der Waals surface area contributed by atoms with E-state index in [0.717, 1.165) is 31.2 Å². The lowest BCUT2D eigenvalue weighted by Crippen LogP contribution is -2.40. The number of hydrogen-bond acceptors (Lipinski definition) is 6. The van der Waals surface area contributed by atoms with Crippen LogP contribution in [0.3, 0.4) is 0 Å². The van der Waals surface area contributed by atoms with E-state index in [-0.39, 0.29) is 30.7 Å². The van der Waals surface area contributed by atoms with Crippen molar-refractivity contribution in [3.63, 3.8) is 0 Å². The summed E-state index contributed by atoms with van der Waals surface area (Å²) in [6, 6.07) is 10.0. The Labute approximate surface area is 160 Å². The monoisotopic (exact) mass is 376 g/mol. The Morgan fingerprint density at radius 2 is 1.93 bits per heavy atom. The van der Waals surface area contributed by atoms with Crippen molar-refractivity contribution < 1.29 is 28.5 Å². The van der Waals surface area contributed by atoms with Crippen LogP contribution >= 0.6 is 0 Å². The first-order valence-corrected chi connectivity index (χ1v) is 9.93. The van der Waals surface area contributed by atoms with E-state index in [4.69, 9.17) is 23.7 Å².